The third-order valence-corrected chi connectivity index (χ3v) is 3.88. The second-order valence-electron chi connectivity index (χ2n) is 5.34. The van der Waals surface area contributed by atoms with E-state index in [1.165, 1.54) is 12.8 Å². The molecule has 0 amide bonds. The number of fused-ring (bicyclic) bond motifs is 1. The Balaban J connectivity index is 1.91. The van der Waals surface area contributed by atoms with Crippen LogP contribution in [0.25, 0.3) is 0 Å². The number of ether oxygens (including phenoxy) is 2. The van der Waals surface area contributed by atoms with Crippen molar-refractivity contribution in [3.05, 3.63) is 22.7 Å². The molecule has 2 atom stereocenters. The van der Waals surface area contributed by atoms with Crippen LogP contribution in [0.3, 0.4) is 0 Å². The Labute approximate surface area is 120 Å². The fourth-order valence-electron chi connectivity index (χ4n) is 2.27. The van der Waals surface area contributed by atoms with Gasteiger partial charge in [-0.3, -0.25) is 0 Å². The van der Waals surface area contributed by atoms with Gasteiger partial charge in [-0.05, 0) is 37.0 Å². The molecule has 0 radical (unpaired) electrons. The van der Waals surface area contributed by atoms with Crippen LogP contribution in [-0.4, -0.2) is 12.8 Å². The van der Waals surface area contributed by atoms with Gasteiger partial charge in [0.2, 0.25) is 6.79 Å². The molecule has 0 fully saturated rings. The normalized spacial score (nSPS) is 16.4. The molecule has 1 heterocycles. The predicted molar refractivity (Wildman–Crippen MR) is 77.9 cm³/mol. The summed E-state index contributed by atoms with van der Waals surface area (Å²) in [6.45, 7) is 7.80. The zero-order valence-electron chi connectivity index (χ0n) is 11.8. The minimum atomic E-state index is 0.260. The fraction of sp³-hybridized carbons (Fsp3) is 0.600. The Kier molecular flexibility index (Phi) is 4.94. The topological polar surface area (TPSA) is 30.5 Å². The van der Waals surface area contributed by atoms with E-state index in [1.807, 2.05) is 12.1 Å². The molecule has 2 unspecified atom stereocenters. The molecular weight excluding hydrogens is 262 g/mol. The molecule has 1 aliphatic rings. The van der Waals surface area contributed by atoms with Crippen LogP contribution in [0.1, 0.15) is 39.2 Å². The highest BCUT2D eigenvalue weighted by Crippen LogP contribution is 2.39. The van der Waals surface area contributed by atoms with Gasteiger partial charge in [0.05, 0.1) is 5.02 Å². The molecule has 0 bridgehead atoms. The van der Waals surface area contributed by atoms with Gasteiger partial charge in [-0.2, -0.15) is 0 Å². The zero-order valence-corrected chi connectivity index (χ0v) is 12.6. The van der Waals surface area contributed by atoms with Crippen LogP contribution in [0.2, 0.25) is 5.02 Å². The minimum absolute atomic E-state index is 0.260. The maximum Gasteiger partial charge on any atom is 0.231 e. The van der Waals surface area contributed by atoms with Crippen LogP contribution in [-0.2, 0) is 6.54 Å². The zero-order chi connectivity index (χ0) is 13.8. The van der Waals surface area contributed by atoms with E-state index in [0.29, 0.717) is 16.8 Å². The largest absolute Gasteiger partial charge is 0.454 e. The third-order valence-electron chi connectivity index (χ3n) is 3.59. The van der Waals surface area contributed by atoms with Crippen molar-refractivity contribution >= 4 is 11.6 Å². The Morgan fingerprint density at radius 1 is 1.32 bits per heavy atom. The summed E-state index contributed by atoms with van der Waals surface area (Å²) in [5, 5.41) is 4.15. The van der Waals surface area contributed by atoms with Crippen molar-refractivity contribution in [2.24, 2.45) is 5.92 Å². The van der Waals surface area contributed by atoms with Crippen molar-refractivity contribution < 1.29 is 9.47 Å². The molecule has 106 valence electrons. The summed E-state index contributed by atoms with van der Waals surface area (Å²) in [7, 11) is 0. The van der Waals surface area contributed by atoms with E-state index in [-0.39, 0.29) is 6.79 Å². The molecule has 0 saturated carbocycles. The van der Waals surface area contributed by atoms with E-state index in [2.05, 4.69) is 26.1 Å². The van der Waals surface area contributed by atoms with E-state index in [1.54, 1.807) is 0 Å². The quantitative estimate of drug-likeness (QED) is 0.856. The highest BCUT2D eigenvalue weighted by molar-refractivity contribution is 6.32. The average molecular weight is 284 g/mol. The SMILES string of the molecule is CCC(C)CC(C)NCc1cc(Cl)c2c(c1)OCO2. The van der Waals surface area contributed by atoms with Crippen molar-refractivity contribution in [2.45, 2.75) is 46.2 Å². The summed E-state index contributed by atoms with van der Waals surface area (Å²) in [6, 6.07) is 4.44. The number of hydrogen-bond acceptors (Lipinski definition) is 3. The maximum absolute atomic E-state index is 6.16. The minimum Gasteiger partial charge on any atom is -0.454 e. The van der Waals surface area contributed by atoms with Gasteiger partial charge in [0, 0.05) is 12.6 Å². The Morgan fingerprint density at radius 3 is 2.84 bits per heavy atom. The third kappa shape index (κ3) is 3.77. The maximum atomic E-state index is 6.16. The monoisotopic (exact) mass is 283 g/mol. The lowest BCUT2D eigenvalue weighted by atomic mass is 10.0. The Hall–Kier alpha value is -0.930. The number of benzene rings is 1. The summed E-state index contributed by atoms with van der Waals surface area (Å²) in [5.74, 6) is 2.17. The first-order valence-electron chi connectivity index (χ1n) is 6.91. The van der Waals surface area contributed by atoms with Gasteiger partial charge in [0.25, 0.3) is 0 Å². The summed E-state index contributed by atoms with van der Waals surface area (Å²) < 4.78 is 10.7. The fourth-order valence-corrected chi connectivity index (χ4v) is 2.56. The first-order valence-corrected chi connectivity index (χ1v) is 7.29. The smallest absolute Gasteiger partial charge is 0.231 e. The predicted octanol–water partition coefficient (Wildman–Crippen LogP) is 3.98. The average Bonchev–Trinajstić information content (AvgIpc) is 2.85. The van der Waals surface area contributed by atoms with Gasteiger partial charge in [-0.1, -0.05) is 31.9 Å². The van der Waals surface area contributed by atoms with Crippen LogP contribution < -0.4 is 14.8 Å². The molecule has 3 nitrogen and oxygen atoms in total. The van der Waals surface area contributed by atoms with Crippen molar-refractivity contribution in [1.82, 2.24) is 5.32 Å². The van der Waals surface area contributed by atoms with Crippen molar-refractivity contribution in [2.75, 3.05) is 6.79 Å². The first kappa shape index (κ1) is 14.5. The Bertz CT molecular complexity index is 436. The van der Waals surface area contributed by atoms with Crippen molar-refractivity contribution in [3.63, 3.8) is 0 Å². The molecule has 19 heavy (non-hydrogen) atoms. The van der Waals surface area contributed by atoms with E-state index >= 15 is 0 Å². The second-order valence-corrected chi connectivity index (χ2v) is 5.75. The molecule has 0 spiro atoms. The number of halogens is 1. The summed E-state index contributed by atoms with van der Waals surface area (Å²) in [5.41, 5.74) is 1.13. The summed E-state index contributed by atoms with van der Waals surface area (Å²) >= 11 is 6.16. The summed E-state index contributed by atoms with van der Waals surface area (Å²) in [6.07, 6.45) is 2.41. The molecule has 1 N–H and O–H groups in total. The Morgan fingerprint density at radius 2 is 2.11 bits per heavy atom. The molecule has 0 aromatic heterocycles. The lowest BCUT2D eigenvalue weighted by Gasteiger charge is -2.17. The van der Waals surface area contributed by atoms with Crippen LogP contribution in [0.15, 0.2) is 12.1 Å². The number of hydrogen-bond donors (Lipinski definition) is 1. The van der Waals surface area contributed by atoms with Crippen LogP contribution >= 0.6 is 11.6 Å². The molecule has 4 heteroatoms. The van der Waals surface area contributed by atoms with Crippen LogP contribution in [0, 0.1) is 5.92 Å². The van der Waals surface area contributed by atoms with Crippen molar-refractivity contribution in [1.29, 1.82) is 0 Å². The van der Waals surface area contributed by atoms with E-state index in [9.17, 15) is 0 Å². The van der Waals surface area contributed by atoms with Gasteiger partial charge < -0.3 is 14.8 Å². The van der Waals surface area contributed by atoms with Gasteiger partial charge in [0.1, 0.15) is 0 Å². The molecule has 0 saturated heterocycles. The molecule has 1 aliphatic heterocycles. The first-order chi connectivity index (χ1) is 9.10. The number of nitrogens with one attached hydrogen (secondary N) is 1. The second kappa shape index (κ2) is 6.49. The lowest BCUT2D eigenvalue weighted by Crippen LogP contribution is -2.27. The highest BCUT2D eigenvalue weighted by Gasteiger charge is 2.18. The molecule has 0 aliphatic carbocycles. The van der Waals surface area contributed by atoms with Crippen LogP contribution in [0.5, 0.6) is 11.5 Å². The van der Waals surface area contributed by atoms with E-state index in [0.717, 1.165) is 23.8 Å². The van der Waals surface area contributed by atoms with Crippen molar-refractivity contribution in [3.8, 4) is 11.5 Å². The lowest BCUT2D eigenvalue weighted by molar-refractivity contribution is 0.174. The van der Waals surface area contributed by atoms with Gasteiger partial charge in [-0.25, -0.2) is 0 Å². The molecule has 1 aromatic rings. The molecular formula is C15H22ClNO2. The van der Waals surface area contributed by atoms with E-state index < -0.39 is 0 Å². The number of rotatable bonds is 6. The standard InChI is InChI=1S/C15H22ClNO2/c1-4-10(2)5-11(3)17-8-12-6-13(16)15-14(7-12)18-9-19-15/h6-7,10-11,17H,4-5,8-9H2,1-3H3. The van der Waals surface area contributed by atoms with Crippen LogP contribution in [0.4, 0.5) is 0 Å². The molecule has 2 rings (SSSR count). The van der Waals surface area contributed by atoms with E-state index in [4.69, 9.17) is 21.1 Å². The van der Waals surface area contributed by atoms with Gasteiger partial charge in [-0.15, -0.1) is 0 Å². The van der Waals surface area contributed by atoms with Gasteiger partial charge >= 0.3 is 0 Å². The highest BCUT2D eigenvalue weighted by atomic mass is 35.5. The molecule has 1 aromatic carbocycles. The van der Waals surface area contributed by atoms with Gasteiger partial charge in [0.15, 0.2) is 11.5 Å². The summed E-state index contributed by atoms with van der Waals surface area (Å²) in [4.78, 5) is 0.